The van der Waals surface area contributed by atoms with Crippen molar-refractivity contribution in [1.82, 2.24) is 0 Å². The first-order valence-electron chi connectivity index (χ1n) is 8.20. The van der Waals surface area contributed by atoms with E-state index < -0.39 is 0 Å². The van der Waals surface area contributed by atoms with Crippen LogP contribution in [-0.2, 0) is 0 Å². The molecule has 0 unspecified atom stereocenters. The van der Waals surface area contributed by atoms with Crippen molar-refractivity contribution < 1.29 is 4.79 Å². The predicted octanol–water partition coefficient (Wildman–Crippen LogP) is 6.42. The molecule has 118 valence electrons. The fourth-order valence-corrected chi connectivity index (χ4v) is 4.36. The molecule has 2 heteroatoms. The van der Waals surface area contributed by atoms with Gasteiger partial charge in [0.15, 0.2) is 5.78 Å². The molecule has 0 bridgehead atoms. The molecule has 25 heavy (non-hydrogen) atoms. The van der Waals surface area contributed by atoms with Gasteiger partial charge in [-0.3, -0.25) is 4.79 Å². The van der Waals surface area contributed by atoms with Crippen LogP contribution in [0.1, 0.15) is 15.9 Å². The Kier molecular flexibility index (Phi) is 3.28. The standard InChI is InChI=1S/C23H13IO/c24-20-7-2-1-6-19(20)23(25)18-13-11-16-9-8-14-4-3-5-15-10-12-17(18)22(16)21(14)15/h1-13H. The van der Waals surface area contributed by atoms with Gasteiger partial charge in [-0.2, -0.15) is 0 Å². The van der Waals surface area contributed by atoms with Gasteiger partial charge in [0.25, 0.3) is 0 Å². The van der Waals surface area contributed by atoms with Gasteiger partial charge in [-0.05, 0) is 73.1 Å². The Bertz CT molecular complexity index is 1250. The second-order valence-corrected chi connectivity index (χ2v) is 7.44. The van der Waals surface area contributed by atoms with Crippen molar-refractivity contribution in [3.8, 4) is 0 Å². The van der Waals surface area contributed by atoms with E-state index in [1.165, 1.54) is 26.9 Å². The average Bonchev–Trinajstić information content (AvgIpc) is 2.66. The topological polar surface area (TPSA) is 17.1 Å². The van der Waals surface area contributed by atoms with Crippen molar-refractivity contribution in [1.29, 1.82) is 0 Å². The zero-order valence-corrected chi connectivity index (χ0v) is 15.4. The highest BCUT2D eigenvalue weighted by atomic mass is 127. The second-order valence-electron chi connectivity index (χ2n) is 6.28. The number of hydrogen-bond donors (Lipinski definition) is 0. The highest BCUT2D eigenvalue weighted by Crippen LogP contribution is 2.36. The molecule has 0 aliphatic heterocycles. The summed E-state index contributed by atoms with van der Waals surface area (Å²) in [5.74, 6) is 0.0861. The number of benzene rings is 5. The summed E-state index contributed by atoms with van der Waals surface area (Å²) in [5.41, 5.74) is 1.54. The van der Waals surface area contributed by atoms with Gasteiger partial charge in [-0.15, -0.1) is 0 Å². The monoisotopic (exact) mass is 432 g/mol. The van der Waals surface area contributed by atoms with Crippen LogP contribution < -0.4 is 0 Å². The molecule has 5 aromatic rings. The van der Waals surface area contributed by atoms with Crippen molar-refractivity contribution in [3.05, 3.63) is 93.6 Å². The lowest BCUT2D eigenvalue weighted by molar-refractivity contribution is 0.103. The molecule has 5 rings (SSSR count). The van der Waals surface area contributed by atoms with E-state index in [1.54, 1.807) is 0 Å². The number of carbonyl (C=O) groups is 1. The Morgan fingerprint density at radius 2 is 1.24 bits per heavy atom. The quantitative estimate of drug-likeness (QED) is 0.179. The third kappa shape index (κ3) is 2.17. The summed E-state index contributed by atoms with van der Waals surface area (Å²) in [7, 11) is 0. The van der Waals surface area contributed by atoms with Crippen LogP contribution in [-0.4, -0.2) is 5.78 Å². The summed E-state index contributed by atoms with van der Waals surface area (Å²) in [6, 6.07) is 26.7. The highest BCUT2D eigenvalue weighted by Gasteiger charge is 2.17. The number of carbonyl (C=O) groups excluding carboxylic acids is 1. The highest BCUT2D eigenvalue weighted by molar-refractivity contribution is 14.1. The average molecular weight is 432 g/mol. The van der Waals surface area contributed by atoms with Gasteiger partial charge in [0.05, 0.1) is 0 Å². The lowest BCUT2D eigenvalue weighted by atomic mass is 9.90. The molecule has 0 aliphatic rings. The molecule has 0 aliphatic carbocycles. The molecule has 5 aromatic carbocycles. The van der Waals surface area contributed by atoms with Crippen LogP contribution in [0.2, 0.25) is 0 Å². The van der Waals surface area contributed by atoms with Crippen molar-refractivity contribution in [3.63, 3.8) is 0 Å². The summed E-state index contributed by atoms with van der Waals surface area (Å²) in [5, 5.41) is 7.08. The van der Waals surface area contributed by atoms with Crippen molar-refractivity contribution in [2.24, 2.45) is 0 Å². The third-order valence-electron chi connectivity index (χ3n) is 4.89. The third-order valence-corrected chi connectivity index (χ3v) is 5.83. The van der Waals surface area contributed by atoms with Crippen LogP contribution >= 0.6 is 22.6 Å². The van der Waals surface area contributed by atoms with Gasteiger partial charge in [0.1, 0.15) is 0 Å². The Labute approximate surface area is 158 Å². The first kappa shape index (κ1) is 14.8. The van der Waals surface area contributed by atoms with Gasteiger partial charge in [0.2, 0.25) is 0 Å². The Balaban J connectivity index is 1.88. The maximum atomic E-state index is 13.2. The fraction of sp³-hybridized carbons (Fsp3) is 0. The Morgan fingerprint density at radius 1 is 0.600 bits per heavy atom. The lowest BCUT2D eigenvalue weighted by Gasteiger charge is -2.13. The number of rotatable bonds is 2. The van der Waals surface area contributed by atoms with Gasteiger partial charge < -0.3 is 0 Å². The molecule has 0 fully saturated rings. The van der Waals surface area contributed by atoms with E-state index in [0.29, 0.717) is 0 Å². The van der Waals surface area contributed by atoms with Gasteiger partial charge in [-0.1, -0.05) is 60.7 Å². The van der Waals surface area contributed by atoms with E-state index in [4.69, 9.17) is 0 Å². The number of ketones is 1. The fourth-order valence-electron chi connectivity index (χ4n) is 3.72. The van der Waals surface area contributed by atoms with Crippen LogP contribution in [0.3, 0.4) is 0 Å². The van der Waals surface area contributed by atoms with Gasteiger partial charge in [0, 0.05) is 14.7 Å². The van der Waals surface area contributed by atoms with E-state index in [9.17, 15) is 4.79 Å². The minimum absolute atomic E-state index is 0.0861. The lowest BCUT2D eigenvalue weighted by Crippen LogP contribution is -2.04. The normalized spacial score (nSPS) is 11.6. The zero-order valence-electron chi connectivity index (χ0n) is 13.3. The molecular formula is C23H13IO. The Morgan fingerprint density at radius 3 is 2.00 bits per heavy atom. The van der Waals surface area contributed by atoms with Gasteiger partial charge in [-0.25, -0.2) is 0 Å². The smallest absolute Gasteiger partial charge is 0.194 e. The first-order valence-corrected chi connectivity index (χ1v) is 9.28. The van der Waals surface area contributed by atoms with Crippen LogP contribution in [0.25, 0.3) is 32.3 Å². The first-order chi connectivity index (χ1) is 12.2. The van der Waals surface area contributed by atoms with Crippen LogP contribution in [0.5, 0.6) is 0 Å². The minimum atomic E-state index is 0.0861. The van der Waals surface area contributed by atoms with Crippen LogP contribution in [0.4, 0.5) is 0 Å². The summed E-state index contributed by atoms with van der Waals surface area (Å²) < 4.78 is 0.982. The minimum Gasteiger partial charge on any atom is -0.289 e. The van der Waals surface area contributed by atoms with Gasteiger partial charge >= 0.3 is 0 Å². The molecule has 0 saturated heterocycles. The number of hydrogen-bond acceptors (Lipinski definition) is 1. The molecule has 0 amide bonds. The Hall–Kier alpha value is -2.46. The molecule has 0 atom stereocenters. The maximum absolute atomic E-state index is 13.2. The van der Waals surface area contributed by atoms with E-state index in [0.717, 1.165) is 20.1 Å². The molecule has 1 nitrogen and oxygen atoms in total. The van der Waals surface area contributed by atoms with Crippen LogP contribution in [0, 0.1) is 3.57 Å². The SMILES string of the molecule is O=C(c1ccccc1I)c1ccc2ccc3cccc4ccc1c2c34. The molecule has 0 spiro atoms. The summed E-state index contributed by atoms with van der Waals surface area (Å²) in [6.07, 6.45) is 0. The molecule has 0 aromatic heterocycles. The van der Waals surface area contributed by atoms with Crippen molar-refractivity contribution in [2.75, 3.05) is 0 Å². The maximum Gasteiger partial charge on any atom is 0.194 e. The van der Waals surface area contributed by atoms with Crippen molar-refractivity contribution >= 4 is 60.7 Å². The van der Waals surface area contributed by atoms with E-state index >= 15 is 0 Å². The van der Waals surface area contributed by atoms with Crippen LogP contribution in [0.15, 0.2) is 78.9 Å². The zero-order chi connectivity index (χ0) is 17.0. The largest absolute Gasteiger partial charge is 0.289 e. The van der Waals surface area contributed by atoms with E-state index in [-0.39, 0.29) is 5.78 Å². The second kappa shape index (κ2) is 5.53. The summed E-state index contributed by atoms with van der Waals surface area (Å²) in [4.78, 5) is 13.2. The van der Waals surface area contributed by atoms with E-state index in [2.05, 4.69) is 71.1 Å². The number of halogens is 1. The molecule has 0 radical (unpaired) electrons. The summed E-state index contributed by atoms with van der Waals surface area (Å²) in [6.45, 7) is 0. The summed E-state index contributed by atoms with van der Waals surface area (Å²) >= 11 is 2.23. The molecular weight excluding hydrogens is 419 g/mol. The predicted molar refractivity (Wildman–Crippen MR) is 113 cm³/mol. The van der Waals surface area contributed by atoms with Crippen molar-refractivity contribution in [2.45, 2.75) is 0 Å². The van der Waals surface area contributed by atoms with E-state index in [1.807, 2.05) is 30.3 Å². The molecule has 0 saturated carbocycles. The molecule has 0 heterocycles. The molecule has 0 N–H and O–H groups in total.